The summed E-state index contributed by atoms with van der Waals surface area (Å²) in [7, 11) is 0. The van der Waals surface area contributed by atoms with E-state index >= 15 is 0 Å². The van der Waals surface area contributed by atoms with Crippen molar-refractivity contribution >= 4 is 16.8 Å². The van der Waals surface area contributed by atoms with Crippen molar-refractivity contribution in [2.75, 3.05) is 0 Å². The third-order valence-electron chi connectivity index (χ3n) is 4.12. The van der Waals surface area contributed by atoms with E-state index in [1.807, 2.05) is 54.6 Å². The molecule has 0 atom stereocenters. The Morgan fingerprint density at radius 2 is 1.78 bits per heavy atom. The summed E-state index contributed by atoms with van der Waals surface area (Å²) in [4.78, 5) is 21.1. The highest BCUT2D eigenvalue weighted by atomic mass is 16.1. The number of nitrogens with zero attached hydrogens (tertiary/aromatic N) is 2. The lowest BCUT2D eigenvalue weighted by Crippen LogP contribution is -2.20. The Morgan fingerprint density at radius 1 is 1.04 bits per heavy atom. The molecule has 4 aromatic rings. The summed E-state index contributed by atoms with van der Waals surface area (Å²) < 4.78 is 1.69. The van der Waals surface area contributed by atoms with E-state index in [-0.39, 0.29) is 5.56 Å². The van der Waals surface area contributed by atoms with E-state index in [0.29, 0.717) is 5.78 Å². The average molecular weight is 303 g/mol. The first kappa shape index (κ1) is 13.8. The molecule has 4 nitrogen and oxygen atoms in total. The molecule has 0 fully saturated rings. The quantitative estimate of drug-likeness (QED) is 0.626. The van der Waals surface area contributed by atoms with Crippen LogP contribution >= 0.6 is 0 Å². The first-order valence-electron chi connectivity index (χ1n) is 7.87. The fourth-order valence-electron chi connectivity index (χ4n) is 3.07. The lowest BCUT2D eigenvalue weighted by atomic mass is 10.0. The van der Waals surface area contributed by atoms with E-state index in [1.165, 1.54) is 0 Å². The second-order valence-corrected chi connectivity index (χ2v) is 5.66. The van der Waals surface area contributed by atoms with Crippen molar-refractivity contribution in [1.29, 1.82) is 0 Å². The molecule has 0 bridgehead atoms. The highest BCUT2D eigenvalue weighted by molar-refractivity contribution is 5.80. The Bertz CT molecular complexity index is 1040. The number of rotatable bonds is 3. The van der Waals surface area contributed by atoms with Crippen molar-refractivity contribution in [2.24, 2.45) is 0 Å². The van der Waals surface area contributed by atoms with Crippen LogP contribution < -0.4 is 5.56 Å². The molecule has 1 N–H and O–H groups in total. The van der Waals surface area contributed by atoms with E-state index < -0.39 is 0 Å². The zero-order valence-electron chi connectivity index (χ0n) is 12.9. The van der Waals surface area contributed by atoms with Crippen LogP contribution in [0.4, 0.5) is 0 Å². The van der Waals surface area contributed by atoms with E-state index in [4.69, 9.17) is 4.98 Å². The Hall–Kier alpha value is -2.88. The van der Waals surface area contributed by atoms with Gasteiger partial charge in [0, 0.05) is 11.1 Å². The van der Waals surface area contributed by atoms with Gasteiger partial charge in [-0.3, -0.25) is 4.79 Å². The zero-order valence-corrected chi connectivity index (χ0v) is 12.9. The van der Waals surface area contributed by atoms with Crippen LogP contribution in [0.5, 0.6) is 0 Å². The minimum atomic E-state index is 0.0214. The molecule has 0 saturated heterocycles. The number of H-pyrrole nitrogens is 1. The molecule has 4 rings (SSSR count). The van der Waals surface area contributed by atoms with Gasteiger partial charge in [0.25, 0.3) is 5.56 Å². The summed E-state index contributed by atoms with van der Waals surface area (Å²) in [6.07, 6.45) is 1.63. The van der Waals surface area contributed by atoms with Crippen LogP contribution in [0.15, 0.2) is 59.4 Å². The standard InChI is InChI=1S/C19H17N3O/c1-2-8-14-17(13-9-4-3-5-10-13)21-19-20-15-11-6-7-12-16(15)22(19)18(14)23/h3-7,9-12H,2,8H2,1H3,(H,20,21). The Kier molecular flexibility index (Phi) is 3.23. The van der Waals surface area contributed by atoms with Gasteiger partial charge in [0.15, 0.2) is 0 Å². The summed E-state index contributed by atoms with van der Waals surface area (Å²) in [5.74, 6) is 0.593. The van der Waals surface area contributed by atoms with Crippen molar-refractivity contribution in [2.45, 2.75) is 19.8 Å². The van der Waals surface area contributed by atoms with E-state index in [9.17, 15) is 4.79 Å². The van der Waals surface area contributed by atoms with E-state index in [2.05, 4.69) is 11.9 Å². The second kappa shape index (κ2) is 5.39. The Labute approximate surface area is 133 Å². The lowest BCUT2D eigenvalue weighted by Gasteiger charge is -2.08. The molecule has 0 radical (unpaired) electrons. The van der Waals surface area contributed by atoms with Gasteiger partial charge in [-0.15, -0.1) is 0 Å². The van der Waals surface area contributed by atoms with Crippen molar-refractivity contribution in [3.05, 3.63) is 70.5 Å². The molecule has 4 heteroatoms. The monoisotopic (exact) mass is 303 g/mol. The molecule has 0 aliphatic carbocycles. The van der Waals surface area contributed by atoms with Crippen molar-refractivity contribution < 1.29 is 0 Å². The van der Waals surface area contributed by atoms with Gasteiger partial charge in [0.2, 0.25) is 5.78 Å². The molecule has 0 amide bonds. The van der Waals surface area contributed by atoms with Gasteiger partial charge >= 0.3 is 0 Å². The number of para-hydroxylation sites is 2. The number of imidazole rings is 1. The second-order valence-electron chi connectivity index (χ2n) is 5.66. The van der Waals surface area contributed by atoms with Crippen molar-refractivity contribution in [3.63, 3.8) is 0 Å². The number of aromatic nitrogens is 3. The molecule has 0 aliphatic rings. The molecule has 114 valence electrons. The Morgan fingerprint density at radius 3 is 2.57 bits per heavy atom. The van der Waals surface area contributed by atoms with Gasteiger partial charge in [-0.2, -0.15) is 0 Å². The van der Waals surface area contributed by atoms with Crippen LogP contribution in [0.1, 0.15) is 18.9 Å². The molecule has 2 aromatic heterocycles. The van der Waals surface area contributed by atoms with Crippen molar-refractivity contribution in [3.8, 4) is 11.3 Å². The summed E-state index contributed by atoms with van der Waals surface area (Å²) in [5.41, 5.74) is 4.36. The highest BCUT2D eigenvalue weighted by Gasteiger charge is 2.16. The van der Waals surface area contributed by atoms with E-state index in [0.717, 1.165) is 40.7 Å². The predicted molar refractivity (Wildman–Crippen MR) is 92.7 cm³/mol. The average Bonchev–Trinajstić information content (AvgIpc) is 2.96. The highest BCUT2D eigenvalue weighted by Crippen LogP contribution is 2.22. The van der Waals surface area contributed by atoms with Gasteiger partial charge in [-0.1, -0.05) is 55.8 Å². The molecule has 0 aliphatic heterocycles. The topological polar surface area (TPSA) is 50.2 Å². The number of benzene rings is 2. The van der Waals surface area contributed by atoms with Gasteiger partial charge < -0.3 is 4.98 Å². The number of aromatic amines is 1. The molecule has 2 heterocycles. The smallest absolute Gasteiger partial charge is 0.263 e. The maximum absolute atomic E-state index is 13.1. The summed E-state index contributed by atoms with van der Waals surface area (Å²) in [6.45, 7) is 2.08. The minimum absolute atomic E-state index is 0.0214. The first-order valence-corrected chi connectivity index (χ1v) is 7.87. The lowest BCUT2D eigenvalue weighted by molar-refractivity contribution is 0.884. The summed E-state index contributed by atoms with van der Waals surface area (Å²) in [5, 5.41) is 0. The largest absolute Gasteiger partial charge is 0.323 e. The van der Waals surface area contributed by atoms with Crippen LogP contribution in [-0.2, 0) is 6.42 Å². The minimum Gasteiger partial charge on any atom is -0.323 e. The molecule has 2 aromatic carbocycles. The maximum atomic E-state index is 13.1. The van der Waals surface area contributed by atoms with Gasteiger partial charge in [-0.05, 0) is 18.6 Å². The molecule has 0 saturated carbocycles. The fourth-order valence-corrected chi connectivity index (χ4v) is 3.07. The Balaban J connectivity index is 2.13. The van der Waals surface area contributed by atoms with E-state index in [1.54, 1.807) is 4.40 Å². The SMILES string of the molecule is CCCc1c(-c2ccccc2)nc2[nH]c3ccccc3n2c1=O. The van der Waals surface area contributed by atoms with Gasteiger partial charge in [-0.25, -0.2) is 9.38 Å². The number of fused-ring (bicyclic) bond motifs is 3. The molecule has 0 unspecified atom stereocenters. The predicted octanol–water partition coefficient (Wildman–Crippen LogP) is 3.80. The number of nitrogens with one attached hydrogen (secondary N) is 1. The maximum Gasteiger partial charge on any atom is 0.263 e. The van der Waals surface area contributed by atoms with Crippen LogP contribution in [0.3, 0.4) is 0 Å². The van der Waals surface area contributed by atoms with Crippen LogP contribution in [0, 0.1) is 0 Å². The normalized spacial score (nSPS) is 11.3. The fraction of sp³-hybridized carbons (Fsp3) is 0.158. The molecular weight excluding hydrogens is 286 g/mol. The van der Waals surface area contributed by atoms with Crippen LogP contribution in [0.25, 0.3) is 28.1 Å². The van der Waals surface area contributed by atoms with Crippen LogP contribution in [0.2, 0.25) is 0 Å². The van der Waals surface area contributed by atoms with Crippen molar-refractivity contribution in [1.82, 2.24) is 14.4 Å². The third-order valence-corrected chi connectivity index (χ3v) is 4.12. The summed E-state index contributed by atoms with van der Waals surface area (Å²) >= 11 is 0. The zero-order chi connectivity index (χ0) is 15.8. The number of hydrogen-bond acceptors (Lipinski definition) is 2. The third kappa shape index (κ3) is 2.14. The summed E-state index contributed by atoms with van der Waals surface area (Å²) in [6, 6.07) is 17.7. The molecule has 0 spiro atoms. The molecule has 23 heavy (non-hydrogen) atoms. The number of hydrogen-bond donors (Lipinski definition) is 1. The van der Waals surface area contributed by atoms with Gasteiger partial charge in [0.1, 0.15) is 0 Å². The molecular formula is C19H17N3O. The first-order chi connectivity index (χ1) is 11.3. The van der Waals surface area contributed by atoms with Gasteiger partial charge in [0.05, 0.1) is 16.7 Å². The van der Waals surface area contributed by atoms with Crippen LogP contribution in [-0.4, -0.2) is 14.4 Å².